The lowest BCUT2D eigenvalue weighted by atomic mass is 10.1. The highest BCUT2D eigenvalue weighted by molar-refractivity contribution is 7.92. The van der Waals surface area contributed by atoms with Gasteiger partial charge in [0.1, 0.15) is 22.3 Å². The van der Waals surface area contributed by atoms with Crippen LogP contribution in [0.5, 0.6) is 0 Å². The molecule has 0 radical (unpaired) electrons. The monoisotopic (exact) mass is 524 g/mol. The van der Waals surface area contributed by atoms with E-state index >= 15 is 0 Å². The SMILES string of the molecule is CC(C)c1nc(-c2ccc(F)c(NS(=O)(=O)c3cc(F)ccc3F)c2)c(-c2ccnc(Cl)n2)s1. The second-order valence-corrected chi connectivity index (χ2v) is 10.5. The van der Waals surface area contributed by atoms with E-state index in [1.165, 1.54) is 29.7 Å². The Balaban J connectivity index is 1.81. The Labute approximate surface area is 202 Å². The molecule has 0 fully saturated rings. The Morgan fingerprint density at radius 1 is 1.00 bits per heavy atom. The van der Waals surface area contributed by atoms with E-state index in [-0.39, 0.29) is 11.2 Å². The maximum absolute atomic E-state index is 14.6. The highest BCUT2D eigenvalue weighted by atomic mass is 35.5. The van der Waals surface area contributed by atoms with Crippen LogP contribution in [0.25, 0.3) is 21.8 Å². The van der Waals surface area contributed by atoms with Gasteiger partial charge in [-0.2, -0.15) is 0 Å². The summed E-state index contributed by atoms with van der Waals surface area (Å²) in [5.74, 6) is -2.96. The smallest absolute Gasteiger partial charge is 0.265 e. The van der Waals surface area contributed by atoms with Crippen LogP contribution in [0.4, 0.5) is 18.9 Å². The number of nitrogens with zero attached hydrogens (tertiary/aromatic N) is 3. The molecule has 2 aromatic heterocycles. The number of rotatable bonds is 6. The summed E-state index contributed by atoms with van der Waals surface area (Å²) in [5, 5.41) is 0.806. The minimum Gasteiger partial charge on any atom is -0.277 e. The van der Waals surface area contributed by atoms with Crippen molar-refractivity contribution in [2.45, 2.75) is 24.7 Å². The lowest BCUT2D eigenvalue weighted by Gasteiger charge is -2.11. The number of halogens is 4. The maximum Gasteiger partial charge on any atom is 0.265 e. The molecule has 0 spiro atoms. The fraction of sp³-hybridized carbons (Fsp3) is 0.136. The molecule has 0 amide bonds. The zero-order valence-corrected chi connectivity index (χ0v) is 20.1. The summed E-state index contributed by atoms with van der Waals surface area (Å²) >= 11 is 7.31. The standard InChI is InChI=1S/C22H16ClF3N4O2S2/c1-11(2)21-29-19(20(33-21)16-7-8-27-22(23)28-16)12-3-5-14(25)17(9-12)30-34(31,32)18-10-13(24)4-6-15(18)26/h3-11,30H,1-2H3. The van der Waals surface area contributed by atoms with Gasteiger partial charge in [-0.15, -0.1) is 11.3 Å². The van der Waals surface area contributed by atoms with Gasteiger partial charge in [0.2, 0.25) is 5.28 Å². The quantitative estimate of drug-likeness (QED) is 0.301. The van der Waals surface area contributed by atoms with Gasteiger partial charge >= 0.3 is 0 Å². The third kappa shape index (κ3) is 4.91. The van der Waals surface area contributed by atoms with Crippen molar-refractivity contribution in [3.63, 3.8) is 0 Å². The second kappa shape index (κ2) is 9.32. The van der Waals surface area contributed by atoms with E-state index in [1.807, 2.05) is 18.6 Å². The van der Waals surface area contributed by atoms with Crippen LogP contribution in [-0.4, -0.2) is 23.4 Å². The van der Waals surface area contributed by atoms with Crippen LogP contribution >= 0.6 is 22.9 Å². The number of sulfonamides is 1. The molecule has 176 valence electrons. The van der Waals surface area contributed by atoms with Gasteiger partial charge in [-0.3, -0.25) is 4.72 Å². The molecule has 0 aliphatic carbocycles. The molecule has 0 unspecified atom stereocenters. The fourth-order valence-electron chi connectivity index (χ4n) is 3.05. The Kier molecular flexibility index (Phi) is 6.61. The van der Waals surface area contributed by atoms with E-state index in [0.29, 0.717) is 34.0 Å². The van der Waals surface area contributed by atoms with E-state index in [9.17, 15) is 21.6 Å². The molecule has 12 heteroatoms. The van der Waals surface area contributed by atoms with Crippen LogP contribution in [0.2, 0.25) is 5.28 Å². The van der Waals surface area contributed by atoms with Crippen LogP contribution in [-0.2, 0) is 10.0 Å². The van der Waals surface area contributed by atoms with Gasteiger partial charge in [-0.1, -0.05) is 13.8 Å². The number of hydrogen-bond donors (Lipinski definition) is 1. The molecule has 0 aliphatic heterocycles. The van der Waals surface area contributed by atoms with Gasteiger partial charge in [0.05, 0.1) is 27.0 Å². The summed E-state index contributed by atoms with van der Waals surface area (Å²) in [7, 11) is -4.62. The average molecular weight is 525 g/mol. The van der Waals surface area contributed by atoms with E-state index < -0.39 is 38.1 Å². The second-order valence-electron chi connectivity index (χ2n) is 7.47. The Hall–Kier alpha value is -3.02. The van der Waals surface area contributed by atoms with Gasteiger partial charge in [0.15, 0.2) is 0 Å². The predicted octanol–water partition coefficient (Wildman–Crippen LogP) is 6.26. The van der Waals surface area contributed by atoms with Crippen LogP contribution in [0.15, 0.2) is 53.6 Å². The highest BCUT2D eigenvalue weighted by Gasteiger charge is 2.23. The third-order valence-electron chi connectivity index (χ3n) is 4.66. The third-order valence-corrected chi connectivity index (χ3v) is 7.60. The lowest BCUT2D eigenvalue weighted by molar-refractivity contribution is 0.555. The van der Waals surface area contributed by atoms with Crippen LogP contribution in [0.3, 0.4) is 0 Å². The van der Waals surface area contributed by atoms with E-state index in [2.05, 4.69) is 15.0 Å². The highest BCUT2D eigenvalue weighted by Crippen LogP contribution is 2.39. The first-order valence-electron chi connectivity index (χ1n) is 9.82. The molecule has 6 nitrogen and oxygen atoms in total. The summed E-state index contributed by atoms with van der Waals surface area (Å²) in [5.41, 5.74) is 0.854. The molecule has 0 atom stereocenters. The summed E-state index contributed by atoms with van der Waals surface area (Å²) in [6, 6.07) is 7.35. The van der Waals surface area contributed by atoms with Crippen molar-refractivity contribution in [2.24, 2.45) is 0 Å². The first-order valence-corrected chi connectivity index (χ1v) is 12.5. The maximum atomic E-state index is 14.6. The molecule has 2 aromatic carbocycles. The minimum atomic E-state index is -4.62. The van der Waals surface area contributed by atoms with Crippen molar-refractivity contribution in [3.8, 4) is 21.8 Å². The Bertz CT molecular complexity index is 1490. The molecule has 0 saturated carbocycles. The summed E-state index contributed by atoms with van der Waals surface area (Å²) < 4.78 is 69.5. The number of anilines is 1. The van der Waals surface area contributed by atoms with Gasteiger partial charge < -0.3 is 0 Å². The molecule has 0 saturated heterocycles. The number of nitrogens with one attached hydrogen (secondary N) is 1. The van der Waals surface area contributed by atoms with E-state index in [0.717, 1.165) is 17.1 Å². The van der Waals surface area contributed by atoms with Crippen LogP contribution in [0, 0.1) is 17.5 Å². The zero-order valence-electron chi connectivity index (χ0n) is 17.7. The fourth-order valence-corrected chi connectivity index (χ4v) is 5.40. The number of benzene rings is 2. The van der Waals surface area contributed by atoms with E-state index in [1.54, 1.807) is 6.07 Å². The van der Waals surface area contributed by atoms with Crippen molar-refractivity contribution in [1.29, 1.82) is 0 Å². The lowest BCUT2D eigenvalue weighted by Crippen LogP contribution is -2.16. The van der Waals surface area contributed by atoms with Crippen molar-refractivity contribution >= 4 is 38.6 Å². The van der Waals surface area contributed by atoms with Gasteiger partial charge in [0, 0.05) is 17.7 Å². The normalized spacial score (nSPS) is 11.7. The van der Waals surface area contributed by atoms with Gasteiger partial charge in [-0.05, 0) is 54.1 Å². The first kappa shape index (κ1) is 24.1. The van der Waals surface area contributed by atoms with E-state index in [4.69, 9.17) is 11.6 Å². The topological polar surface area (TPSA) is 84.8 Å². The number of thiazole rings is 1. The van der Waals surface area contributed by atoms with Gasteiger partial charge in [0.25, 0.3) is 10.0 Å². The Morgan fingerprint density at radius 3 is 2.44 bits per heavy atom. The molecule has 1 N–H and O–H groups in total. The van der Waals surface area contributed by atoms with Crippen molar-refractivity contribution in [1.82, 2.24) is 15.0 Å². The average Bonchev–Trinajstić information content (AvgIpc) is 3.23. The number of hydrogen-bond acceptors (Lipinski definition) is 6. The molecule has 0 bridgehead atoms. The first-order chi connectivity index (χ1) is 16.0. The molecule has 4 rings (SSSR count). The molecule has 34 heavy (non-hydrogen) atoms. The molecular formula is C22H16ClF3N4O2S2. The van der Waals surface area contributed by atoms with Crippen molar-refractivity contribution in [2.75, 3.05) is 4.72 Å². The summed E-state index contributed by atoms with van der Waals surface area (Å²) in [6.07, 6.45) is 1.49. The molecule has 0 aliphatic rings. The summed E-state index contributed by atoms with van der Waals surface area (Å²) in [4.78, 5) is 12.4. The van der Waals surface area contributed by atoms with Crippen molar-refractivity contribution < 1.29 is 21.6 Å². The predicted molar refractivity (Wildman–Crippen MR) is 125 cm³/mol. The molecule has 2 heterocycles. The zero-order chi connectivity index (χ0) is 24.6. The minimum absolute atomic E-state index is 0.0348. The molecule has 4 aromatic rings. The van der Waals surface area contributed by atoms with Crippen molar-refractivity contribution in [3.05, 3.63) is 76.4 Å². The molecular weight excluding hydrogens is 509 g/mol. The summed E-state index contributed by atoms with van der Waals surface area (Å²) in [6.45, 7) is 3.91. The largest absolute Gasteiger partial charge is 0.277 e. The van der Waals surface area contributed by atoms with Crippen LogP contribution < -0.4 is 4.72 Å². The number of aromatic nitrogens is 3. The Morgan fingerprint density at radius 2 is 1.74 bits per heavy atom. The van der Waals surface area contributed by atoms with Crippen LogP contribution in [0.1, 0.15) is 24.8 Å². The van der Waals surface area contributed by atoms with Gasteiger partial charge in [-0.25, -0.2) is 36.5 Å².